The molecule has 1 rings (SSSR count). The van der Waals surface area contributed by atoms with Crippen molar-refractivity contribution in [3.05, 3.63) is 33.8 Å². The first-order chi connectivity index (χ1) is 6.16. The van der Waals surface area contributed by atoms with Gasteiger partial charge in [0.25, 0.3) is 0 Å². The van der Waals surface area contributed by atoms with Gasteiger partial charge in [0.05, 0.1) is 12.6 Å². The summed E-state index contributed by atoms with van der Waals surface area (Å²) >= 11 is 11.9. The Bertz CT molecular complexity index is 271. The van der Waals surface area contributed by atoms with Crippen LogP contribution >= 0.6 is 23.2 Å². The lowest BCUT2D eigenvalue weighted by Gasteiger charge is -2.13. The van der Waals surface area contributed by atoms with Gasteiger partial charge in [-0.05, 0) is 12.1 Å². The summed E-state index contributed by atoms with van der Waals surface area (Å²) in [6.07, 6.45) is 0. The molecule has 13 heavy (non-hydrogen) atoms. The van der Waals surface area contributed by atoms with Crippen LogP contribution in [0.25, 0.3) is 0 Å². The highest BCUT2D eigenvalue weighted by Gasteiger charge is 2.13. The summed E-state index contributed by atoms with van der Waals surface area (Å²) in [5.74, 6) is 0. The van der Waals surface area contributed by atoms with E-state index in [1.54, 1.807) is 25.3 Å². The summed E-state index contributed by atoms with van der Waals surface area (Å²) in [6.45, 7) is 0.406. The van der Waals surface area contributed by atoms with Crippen molar-refractivity contribution in [2.24, 2.45) is 5.73 Å². The predicted molar refractivity (Wildman–Crippen MR) is 55.3 cm³/mol. The molecule has 0 bridgehead atoms. The number of rotatable bonds is 3. The number of nitrogens with two attached hydrogens (primary N) is 1. The molecule has 1 unspecified atom stereocenters. The molecule has 0 spiro atoms. The fourth-order valence-electron chi connectivity index (χ4n) is 1.13. The van der Waals surface area contributed by atoms with Gasteiger partial charge in [-0.15, -0.1) is 0 Å². The van der Waals surface area contributed by atoms with Crippen molar-refractivity contribution >= 4 is 23.2 Å². The second-order valence-electron chi connectivity index (χ2n) is 2.70. The van der Waals surface area contributed by atoms with E-state index in [9.17, 15) is 0 Å². The molecule has 4 heteroatoms. The van der Waals surface area contributed by atoms with Crippen molar-refractivity contribution in [3.8, 4) is 0 Å². The second kappa shape index (κ2) is 4.82. The molecule has 0 amide bonds. The maximum atomic E-state index is 5.94. The quantitative estimate of drug-likeness (QED) is 0.849. The SMILES string of the molecule is COCC(N)c1c(Cl)cccc1Cl. The third-order valence-electron chi connectivity index (χ3n) is 1.72. The first-order valence-corrected chi connectivity index (χ1v) is 4.61. The van der Waals surface area contributed by atoms with Gasteiger partial charge in [-0.2, -0.15) is 0 Å². The molecule has 2 N–H and O–H groups in total. The van der Waals surface area contributed by atoms with Crippen LogP contribution in [0.15, 0.2) is 18.2 Å². The van der Waals surface area contributed by atoms with E-state index in [-0.39, 0.29) is 6.04 Å². The molecular weight excluding hydrogens is 209 g/mol. The number of hydrogen-bond acceptors (Lipinski definition) is 2. The molecule has 0 heterocycles. The summed E-state index contributed by atoms with van der Waals surface area (Å²) < 4.78 is 4.93. The van der Waals surface area contributed by atoms with E-state index in [1.807, 2.05) is 0 Å². The minimum Gasteiger partial charge on any atom is -0.383 e. The van der Waals surface area contributed by atoms with Crippen molar-refractivity contribution in [1.82, 2.24) is 0 Å². The van der Waals surface area contributed by atoms with E-state index < -0.39 is 0 Å². The van der Waals surface area contributed by atoms with Crippen LogP contribution in [-0.4, -0.2) is 13.7 Å². The summed E-state index contributed by atoms with van der Waals surface area (Å²) in [5, 5.41) is 1.16. The van der Waals surface area contributed by atoms with E-state index in [2.05, 4.69) is 0 Å². The third kappa shape index (κ3) is 2.58. The number of hydrogen-bond donors (Lipinski definition) is 1. The standard InChI is InChI=1S/C9H11Cl2NO/c1-13-5-8(12)9-6(10)3-2-4-7(9)11/h2-4,8H,5,12H2,1H3. The van der Waals surface area contributed by atoms with Gasteiger partial charge in [0, 0.05) is 22.7 Å². The molecule has 0 fully saturated rings. The highest BCUT2D eigenvalue weighted by atomic mass is 35.5. The monoisotopic (exact) mass is 219 g/mol. The molecule has 0 aliphatic rings. The largest absolute Gasteiger partial charge is 0.383 e. The van der Waals surface area contributed by atoms with Gasteiger partial charge in [0.2, 0.25) is 0 Å². The minimum absolute atomic E-state index is 0.272. The summed E-state index contributed by atoms with van der Waals surface area (Å²) in [7, 11) is 1.59. The van der Waals surface area contributed by atoms with E-state index >= 15 is 0 Å². The molecule has 0 saturated heterocycles. The van der Waals surface area contributed by atoms with Crippen LogP contribution in [0, 0.1) is 0 Å². The van der Waals surface area contributed by atoms with Crippen molar-refractivity contribution in [2.75, 3.05) is 13.7 Å². The van der Waals surface area contributed by atoms with Gasteiger partial charge in [0.15, 0.2) is 0 Å². The molecular formula is C9H11Cl2NO. The van der Waals surface area contributed by atoms with E-state index in [4.69, 9.17) is 33.7 Å². The lowest BCUT2D eigenvalue weighted by molar-refractivity contribution is 0.181. The number of methoxy groups -OCH3 is 1. The zero-order chi connectivity index (χ0) is 9.84. The predicted octanol–water partition coefficient (Wildman–Crippen LogP) is 2.64. The molecule has 0 radical (unpaired) electrons. The maximum Gasteiger partial charge on any atom is 0.0656 e. The van der Waals surface area contributed by atoms with Gasteiger partial charge in [0.1, 0.15) is 0 Å². The molecule has 0 aliphatic heterocycles. The number of benzene rings is 1. The van der Waals surface area contributed by atoms with Crippen LogP contribution in [0.5, 0.6) is 0 Å². The van der Waals surface area contributed by atoms with Crippen LogP contribution < -0.4 is 5.73 Å². The van der Waals surface area contributed by atoms with Gasteiger partial charge in [-0.3, -0.25) is 0 Å². The van der Waals surface area contributed by atoms with Gasteiger partial charge in [-0.25, -0.2) is 0 Å². The number of ether oxygens (including phenoxy) is 1. The maximum absolute atomic E-state index is 5.94. The third-order valence-corrected chi connectivity index (χ3v) is 2.38. The summed E-state index contributed by atoms with van der Waals surface area (Å²) in [5.41, 5.74) is 6.56. The average Bonchev–Trinajstić information content (AvgIpc) is 2.04. The van der Waals surface area contributed by atoms with E-state index in [0.717, 1.165) is 5.56 Å². The van der Waals surface area contributed by atoms with Gasteiger partial charge >= 0.3 is 0 Å². The van der Waals surface area contributed by atoms with Crippen LogP contribution in [0.3, 0.4) is 0 Å². The zero-order valence-electron chi connectivity index (χ0n) is 7.26. The summed E-state index contributed by atoms with van der Waals surface area (Å²) in [4.78, 5) is 0. The van der Waals surface area contributed by atoms with E-state index in [1.165, 1.54) is 0 Å². The minimum atomic E-state index is -0.272. The summed E-state index contributed by atoms with van der Waals surface area (Å²) in [6, 6.07) is 5.04. The Morgan fingerprint density at radius 3 is 2.38 bits per heavy atom. The van der Waals surface area contributed by atoms with Crippen molar-refractivity contribution < 1.29 is 4.74 Å². The fraction of sp³-hybridized carbons (Fsp3) is 0.333. The Hall–Kier alpha value is -0.280. The number of halogens is 2. The second-order valence-corrected chi connectivity index (χ2v) is 3.51. The van der Waals surface area contributed by atoms with E-state index in [0.29, 0.717) is 16.7 Å². The van der Waals surface area contributed by atoms with Crippen molar-refractivity contribution in [3.63, 3.8) is 0 Å². The molecule has 1 aromatic rings. The molecule has 72 valence electrons. The average molecular weight is 220 g/mol. The van der Waals surface area contributed by atoms with Crippen molar-refractivity contribution in [1.29, 1.82) is 0 Å². The zero-order valence-corrected chi connectivity index (χ0v) is 8.77. The molecule has 1 atom stereocenters. The molecule has 2 nitrogen and oxygen atoms in total. The van der Waals surface area contributed by atoms with Crippen LogP contribution in [0.4, 0.5) is 0 Å². The van der Waals surface area contributed by atoms with Crippen LogP contribution in [-0.2, 0) is 4.74 Å². The molecule has 0 saturated carbocycles. The van der Waals surface area contributed by atoms with Gasteiger partial charge < -0.3 is 10.5 Å². The Labute approximate surface area is 87.6 Å². The topological polar surface area (TPSA) is 35.2 Å². The first kappa shape index (κ1) is 10.8. The van der Waals surface area contributed by atoms with Crippen LogP contribution in [0.1, 0.15) is 11.6 Å². The van der Waals surface area contributed by atoms with Gasteiger partial charge in [-0.1, -0.05) is 29.3 Å². The first-order valence-electron chi connectivity index (χ1n) is 3.85. The normalized spacial score (nSPS) is 12.9. The Morgan fingerprint density at radius 1 is 1.38 bits per heavy atom. The molecule has 0 aliphatic carbocycles. The Kier molecular flexibility index (Phi) is 4.00. The smallest absolute Gasteiger partial charge is 0.0656 e. The molecule has 1 aromatic carbocycles. The lowest BCUT2D eigenvalue weighted by Crippen LogP contribution is -2.16. The fourth-order valence-corrected chi connectivity index (χ4v) is 1.81. The Balaban J connectivity index is 2.98. The highest BCUT2D eigenvalue weighted by molar-refractivity contribution is 6.36. The molecule has 0 aromatic heterocycles. The Morgan fingerprint density at radius 2 is 1.92 bits per heavy atom. The van der Waals surface area contributed by atoms with Crippen LogP contribution in [0.2, 0.25) is 10.0 Å². The lowest BCUT2D eigenvalue weighted by atomic mass is 10.1. The highest BCUT2D eigenvalue weighted by Crippen LogP contribution is 2.28. The van der Waals surface area contributed by atoms with Crippen molar-refractivity contribution in [2.45, 2.75) is 6.04 Å².